The quantitative estimate of drug-likeness (QED) is 0.519. The lowest BCUT2D eigenvalue weighted by atomic mass is 10.2. The number of nitrogens with zero attached hydrogens (tertiary/aromatic N) is 1. The highest BCUT2D eigenvalue weighted by molar-refractivity contribution is 7.59. The molecule has 1 N–H and O–H groups in total. The average molecular weight is 272 g/mol. The largest absolute Gasteiger partial charge is 0.335 e. The average Bonchev–Trinajstić information content (AvgIpc) is 2.34. The van der Waals surface area contributed by atoms with Crippen molar-refractivity contribution < 1.29 is 18.9 Å². The van der Waals surface area contributed by atoms with Crippen LogP contribution in [0.5, 0.6) is 0 Å². The van der Waals surface area contributed by atoms with E-state index >= 15 is 0 Å². The first-order valence-corrected chi connectivity index (χ1v) is 7.38. The first-order chi connectivity index (χ1) is 8.48. The Morgan fingerprint density at radius 2 is 1.94 bits per heavy atom. The molecule has 1 radical (unpaired) electrons. The lowest BCUT2D eigenvalue weighted by Crippen LogP contribution is -2.22. The van der Waals surface area contributed by atoms with E-state index in [0.29, 0.717) is 13.2 Å². The fourth-order valence-electron chi connectivity index (χ4n) is 1.62. The Balaban J connectivity index is 2.02. The molecule has 0 aliphatic carbocycles. The van der Waals surface area contributed by atoms with Crippen molar-refractivity contribution in [3.05, 3.63) is 39.9 Å². The lowest BCUT2D eigenvalue weighted by Gasteiger charge is -2.35. The Bertz CT molecular complexity index is 428. The van der Waals surface area contributed by atoms with Crippen LogP contribution in [-0.2, 0) is 15.2 Å². The molecule has 7 heteroatoms. The zero-order chi connectivity index (χ0) is 13.2. The molecule has 1 aliphatic heterocycles. The minimum absolute atomic E-state index is 0.0307. The topological polar surface area (TPSA) is 81.8 Å². The van der Waals surface area contributed by atoms with Gasteiger partial charge < -0.3 is 13.9 Å². The summed E-state index contributed by atoms with van der Waals surface area (Å²) in [6, 6.07) is 6.05. The van der Waals surface area contributed by atoms with Crippen molar-refractivity contribution in [2.45, 2.75) is 13.1 Å². The molecule has 0 saturated carbocycles. The summed E-state index contributed by atoms with van der Waals surface area (Å²) in [5.74, 6) is 0.280. The number of benzene rings is 1. The molecule has 18 heavy (non-hydrogen) atoms. The van der Waals surface area contributed by atoms with E-state index in [1.807, 2.05) is 6.92 Å². The molecule has 0 unspecified atom stereocenters. The van der Waals surface area contributed by atoms with Crippen LogP contribution in [0.4, 0.5) is 5.69 Å². The highest BCUT2D eigenvalue weighted by atomic mass is 31.2. The second-order valence-corrected chi connectivity index (χ2v) is 6.52. The fourth-order valence-corrected chi connectivity index (χ4v) is 3.52. The summed E-state index contributed by atoms with van der Waals surface area (Å²) in [5.41, 5.74) is 0.800. The SMILES string of the molecule is CC1CO[P](O)(Cc2ccc([N+](=O)[O-])cc2)OC1. The van der Waals surface area contributed by atoms with E-state index in [2.05, 4.69) is 0 Å². The number of hydrogen-bond donors (Lipinski definition) is 1. The second kappa shape index (κ2) is 5.28. The van der Waals surface area contributed by atoms with Crippen LogP contribution < -0.4 is 0 Å². The summed E-state index contributed by atoms with van der Waals surface area (Å²) in [6.45, 7) is 2.95. The van der Waals surface area contributed by atoms with Crippen LogP contribution in [0.2, 0.25) is 0 Å². The van der Waals surface area contributed by atoms with Gasteiger partial charge in [0.1, 0.15) is 0 Å². The van der Waals surface area contributed by atoms with Crippen LogP contribution in [0.3, 0.4) is 0 Å². The highest BCUT2D eigenvalue weighted by Gasteiger charge is 2.33. The third kappa shape index (κ3) is 3.23. The number of nitro benzene ring substituents is 1. The maximum Gasteiger partial charge on any atom is 0.269 e. The molecule has 0 amide bonds. The van der Waals surface area contributed by atoms with Crippen LogP contribution in [0.25, 0.3) is 0 Å². The van der Waals surface area contributed by atoms with Crippen molar-refractivity contribution in [1.82, 2.24) is 0 Å². The Labute approximate surface area is 105 Å². The van der Waals surface area contributed by atoms with Gasteiger partial charge in [-0.15, -0.1) is 0 Å². The van der Waals surface area contributed by atoms with Gasteiger partial charge in [-0.05, 0) is 5.56 Å². The molecule has 1 fully saturated rings. The zero-order valence-electron chi connectivity index (χ0n) is 9.98. The second-order valence-electron chi connectivity index (χ2n) is 4.42. The summed E-state index contributed by atoms with van der Waals surface area (Å²) in [5, 5.41) is 10.5. The number of hydrogen-bond acceptors (Lipinski definition) is 5. The predicted molar refractivity (Wildman–Crippen MR) is 67.0 cm³/mol. The Hall–Kier alpha value is -1.07. The van der Waals surface area contributed by atoms with Crippen LogP contribution in [0.15, 0.2) is 24.3 Å². The van der Waals surface area contributed by atoms with Gasteiger partial charge >= 0.3 is 0 Å². The van der Waals surface area contributed by atoms with Gasteiger partial charge in [-0.25, -0.2) is 0 Å². The third-order valence-electron chi connectivity index (χ3n) is 2.65. The van der Waals surface area contributed by atoms with E-state index < -0.39 is 12.9 Å². The molecule has 1 saturated heterocycles. The van der Waals surface area contributed by atoms with Crippen molar-refractivity contribution >= 4 is 13.6 Å². The van der Waals surface area contributed by atoms with Crippen LogP contribution in [-0.4, -0.2) is 23.0 Å². The van der Waals surface area contributed by atoms with Gasteiger partial charge in [0.25, 0.3) is 5.69 Å². The van der Waals surface area contributed by atoms with Crippen LogP contribution in [0.1, 0.15) is 12.5 Å². The van der Waals surface area contributed by atoms with Crippen molar-refractivity contribution in [3.63, 3.8) is 0 Å². The molecule has 1 aliphatic rings. The Morgan fingerprint density at radius 1 is 1.39 bits per heavy atom. The number of nitro groups is 1. The number of non-ortho nitro benzene ring substituents is 1. The fraction of sp³-hybridized carbons (Fsp3) is 0.455. The maximum atomic E-state index is 10.5. The Morgan fingerprint density at radius 3 is 2.44 bits per heavy atom. The van der Waals surface area contributed by atoms with Gasteiger partial charge in [0.2, 0.25) is 7.94 Å². The van der Waals surface area contributed by atoms with Crippen molar-refractivity contribution in [1.29, 1.82) is 0 Å². The molecular weight excluding hydrogens is 257 g/mol. The Kier molecular flexibility index (Phi) is 3.92. The maximum absolute atomic E-state index is 10.5. The summed E-state index contributed by atoms with van der Waals surface area (Å²) in [7, 11) is -2.83. The smallest absolute Gasteiger partial charge is 0.269 e. The molecule has 1 aromatic rings. The molecular formula is C11H15NO5P. The first-order valence-electron chi connectivity index (χ1n) is 5.62. The lowest BCUT2D eigenvalue weighted by molar-refractivity contribution is -0.384. The first kappa shape index (κ1) is 13.4. The van der Waals surface area contributed by atoms with E-state index in [1.165, 1.54) is 12.1 Å². The van der Waals surface area contributed by atoms with E-state index in [9.17, 15) is 15.0 Å². The van der Waals surface area contributed by atoms with Crippen LogP contribution in [0, 0.1) is 16.0 Å². The van der Waals surface area contributed by atoms with Crippen LogP contribution >= 0.6 is 7.94 Å². The minimum Gasteiger partial charge on any atom is -0.335 e. The molecule has 1 aromatic carbocycles. The molecule has 99 valence electrons. The van der Waals surface area contributed by atoms with Crippen molar-refractivity contribution in [3.8, 4) is 0 Å². The number of rotatable bonds is 3. The summed E-state index contributed by atoms with van der Waals surface area (Å²) in [6.07, 6.45) is 0.262. The van der Waals surface area contributed by atoms with Gasteiger partial charge in [0.05, 0.1) is 24.3 Å². The molecule has 0 atom stereocenters. The molecule has 0 aromatic heterocycles. The zero-order valence-corrected chi connectivity index (χ0v) is 10.9. The van der Waals surface area contributed by atoms with E-state index in [4.69, 9.17) is 9.05 Å². The van der Waals surface area contributed by atoms with Gasteiger partial charge in [-0.1, -0.05) is 19.1 Å². The summed E-state index contributed by atoms with van der Waals surface area (Å²) >= 11 is 0. The van der Waals surface area contributed by atoms with Gasteiger partial charge in [0, 0.05) is 18.1 Å². The standard InChI is InChI=1S/C11H15NO5P/c1-9-6-16-18(15,17-7-9)8-10-2-4-11(5-3-10)12(13)14/h2-5,9,15H,6-8H2,1H3. The van der Waals surface area contributed by atoms with E-state index in [0.717, 1.165) is 5.56 Å². The summed E-state index contributed by atoms with van der Waals surface area (Å²) < 4.78 is 10.7. The highest BCUT2D eigenvalue weighted by Crippen LogP contribution is 2.61. The minimum atomic E-state index is -2.83. The van der Waals surface area contributed by atoms with Gasteiger partial charge in [-0.2, -0.15) is 0 Å². The molecule has 1 heterocycles. The van der Waals surface area contributed by atoms with Crippen molar-refractivity contribution in [2.24, 2.45) is 5.92 Å². The molecule has 0 spiro atoms. The van der Waals surface area contributed by atoms with E-state index in [1.54, 1.807) is 12.1 Å². The normalized spacial score (nSPS) is 28.0. The monoisotopic (exact) mass is 272 g/mol. The predicted octanol–water partition coefficient (Wildman–Crippen LogP) is 2.53. The summed E-state index contributed by atoms with van der Waals surface area (Å²) in [4.78, 5) is 20.2. The third-order valence-corrected chi connectivity index (χ3v) is 4.52. The molecule has 6 nitrogen and oxygen atoms in total. The van der Waals surface area contributed by atoms with Gasteiger partial charge in [-0.3, -0.25) is 10.1 Å². The van der Waals surface area contributed by atoms with Crippen molar-refractivity contribution in [2.75, 3.05) is 13.2 Å². The molecule has 2 rings (SSSR count). The molecule has 0 bridgehead atoms. The van der Waals surface area contributed by atoms with E-state index in [-0.39, 0.29) is 17.8 Å². The van der Waals surface area contributed by atoms with Gasteiger partial charge in [0.15, 0.2) is 0 Å².